The highest BCUT2D eigenvalue weighted by molar-refractivity contribution is 5.81. The van der Waals surface area contributed by atoms with E-state index in [2.05, 4.69) is 11.4 Å². The van der Waals surface area contributed by atoms with Crippen molar-refractivity contribution >= 4 is 5.91 Å². The molecule has 0 aliphatic carbocycles. The first-order valence-corrected chi connectivity index (χ1v) is 5.10. The lowest BCUT2D eigenvalue weighted by atomic mass is 10.2. The fourth-order valence-corrected chi connectivity index (χ4v) is 1.01. The lowest BCUT2D eigenvalue weighted by molar-refractivity contribution is -0.131. The van der Waals surface area contributed by atoms with Gasteiger partial charge in [0.15, 0.2) is 0 Å². The highest BCUT2D eigenvalue weighted by Gasteiger charge is 2.14. The maximum absolute atomic E-state index is 11.6. The van der Waals surface area contributed by atoms with Crippen LogP contribution in [0.1, 0.15) is 27.7 Å². The molecule has 3 nitrogen and oxygen atoms in total. The van der Waals surface area contributed by atoms with Gasteiger partial charge in [0.2, 0.25) is 5.91 Å². The maximum Gasteiger partial charge on any atom is 0.239 e. The van der Waals surface area contributed by atoms with Crippen molar-refractivity contribution < 1.29 is 4.79 Å². The standard InChI is InChI=1S/C11H22N2O/c1-6-13(5)11(14)10(4)12-8-7-9(2)3/h7,10,12H,6,8H2,1-5H3. The summed E-state index contributed by atoms with van der Waals surface area (Å²) in [6.07, 6.45) is 2.08. The van der Waals surface area contributed by atoms with E-state index in [1.165, 1.54) is 5.57 Å². The largest absolute Gasteiger partial charge is 0.345 e. The van der Waals surface area contributed by atoms with Crippen LogP contribution in [0.15, 0.2) is 11.6 Å². The normalized spacial score (nSPS) is 12.1. The molecule has 0 radical (unpaired) electrons. The van der Waals surface area contributed by atoms with Crippen LogP contribution in [0.5, 0.6) is 0 Å². The smallest absolute Gasteiger partial charge is 0.239 e. The average Bonchev–Trinajstić information content (AvgIpc) is 2.14. The summed E-state index contributed by atoms with van der Waals surface area (Å²) in [5, 5.41) is 3.16. The third kappa shape index (κ3) is 5.02. The number of nitrogens with zero attached hydrogens (tertiary/aromatic N) is 1. The quantitative estimate of drug-likeness (QED) is 0.677. The molecule has 1 unspecified atom stereocenters. The molecule has 0 rings (SSSR count). The first-order chi connectivity index (χ1) is 6.49. The van der Waals surface area contributed by atoms with E-state index < -0.39 is 0 Å². The van der Waals surface area contributed by atoms with Gasteiger partial charge in [-0.2, -0.15) is 0 Å². The minimum Gasteiger partial charge on any atom is -0.345 e. The Hall–Kier alpha value is -0.830. The molecule has 0 heterocycles. The molecular weight excluding hydrogens is 176 g/mol. The number of carbonyl (C=O) groups excluding carboxylic acids is 1. The first-order valence-electron chi connectivity index (χ1n) is 5.10. The van der Waals surface area contributed by atoms with E-state index in [0.29, 0.717) is 0 Å². The average molecular weight is 198 g/mol. The summed E-state index contributed by atoms with van der Waals surface area (Å²) >= 11 is 0. The molecule has 0 saturated carbocycles. The molecular formula is C11H22N2O. The van der Waals surface area contributed by atoms with Crippen molar-refractivity contribution in [2.24, 2.45) is 0 Å². The Morgan fingerprint density at radius 3 is 2.50 bits per heavy atom. The zero-order chi connectivity index (χ0) is 11.1. The summed E-state index contributed by atoms with van der Waals surface area (Å²) in [6.45, 7) is 9.48. The Balaban J connectivity index is 3.90. The summed E-state index contributed by atoms with van der Waals surface area (Å²) in [6, 6.07) is -0.101. The number of rotatable bonds is 5. The third-order valence-corrected chi connectivity index (χ3v) is 2.16. The predicted octanol–water partition coefficient (Wildman–Crippen LogP) is 1.41. The van der Waals surface area contributed by atoms with Gasteiger partial charge in [-0.3, -0.25) is 4.79 Å². The number of amides is 1. The summed E-state index contributed by atoms with van der Waals surface area (Å²) in [5.74, 6) is 0.148. The van der Waals surface area contributed by atoms with E-state index in [1.54, 1.807) is 4.90 Å². The number of hydrogen-bond acceptors (Lipinski definition) is 2. The Morgan fingerprint density at radius 1 is 1.50 bits per heavy atom. The molecule has 0 aromatic carbocycles. The molecule has 0 spiro atoms. The third-order valence-electron chi connectivity index (χ3n) is 2.16. The van der Waals surface area contributed by atoms with Gasteiger partial charge in [-0.05, 0) is 27.7 Å². The Labute approximate surface area is 87.2 Å². The number of hydrogen-bond donors (Lipinski definition) is 1. The fourth-order valence-electron chi connectivity index (χ4n) is 1.01. The zero-order valence-corrected chi connectivity index (χ0v) is 9.92. The van der Waals surface area contributed by atoms with Gasteiger partial charge in [0, 0.05) is 20.1 Å². The van der Waals surface area contributed by atoms with Gasteiger partial charge in [0.1, 0.15) is 0 Å². The van der Waals surface area contributed by atoms with Gasteiger partial charge >= 0.3 is 0 Å². The van der Waals surface area contributed by atoms with Gasteiger partial charge in [0.25, 0.3) is 0 Å². The van der Waals surface area contributed by atoms with E-state index in [4.69, 9.17) is 0 Å². The minimum atomic E-state index is -0.101. The van der Waals surface area contributed by atoms with Gasteiger partial charge < -0.3 is 10.2 Å². The van der Waals surface area contributed by atoms with Gasteiger partial charge in [-0.25, -0.2) is 0 Å². The van der Waals surface area contributed by atoms with Crippen molar-refractivity contribution in [1.29, 1.82) is 0 Å². The van der Waals surface area contributed by atoms with Crippen LogP contribution in [-0.4, -0.2) is 37.0 Å². The topological polar surface area (TPSA) is 32.3 Å². The molecule has 82 valence electrons. The van der Waals surface area contributed by atoms with E-state index in [9.17, 15) is 4.79 Å². The van der Waals surface area contributed by atoms with Crippen LogP contribution in [0, 0.1) is 0 Å². The monoisotopic (exact) mass is 198 g/mol. The summed E-state index contributed by atoms with van der Waals surface area (Å²) in [7, 11) is 1.82. The highest BCUT2D eigenvalue weighted by Crippen LogP contribution is 1.92. The van der Waals surface area contributed by atoms with Crippen molar-refractivity contribution in [3.63, 3.8) is 0 Å². The molecule has 0 aliphatic heterocycles. The number of likely N-dealkylation sites (N-methyl/N-ethyl adjacent to an activating group) is 1. The summed E-state index contributed by atoms with van der Waals surface area (Å²) in [5.41, 5.74) is 1.26. The highest BCUT2D eigenvalue weighted by atomic mass is 16.2. The van der Waals surface area contributed by atoms with Crippen molar-refractivity contribution in [2.75, 3.05) is 20.1 Å². The molecule has 0 aromatic heterocycles. The second-order valence-corrected chi connectivity index (χ2v) is 3.76. The van der Waals surface area contributed by atoms with Gasteiger partial charge in [0.05, 0.1) is 6.04 Å². The van der Waals surface area contributed by atoms with Crippen LogP contribution in [-0.2, 0) is 4.79 Å². The van der Waals surface area contributed by atoms with Crippen LogP contribution in [0.2, 0.25) is 0 Å². The van der Waals surface area contributed by atoms with Gasteiger partial charge in [-0.15, -0.1) is 0 Å². The van der Waals surface area contributed by atoms with Crippen molar-refractivity contribution in [3.05, 3.63) is 11.6 Å². The number of carbonyl (C=O) groups is 1. The van der Waals surface area contributed by atoms with E-state index in [0.717, 1.165) is 13.1 Å². The molecule has 1 atom stereocenters. The van der Waals surface area contributed by atoms with Crippen molar-refractivity contribution in [1.82, 2.24) is 10.2 Å². The Bertz CT molecular complexity index is 207. The van der Waals surface area contributed by atoms with Crippen LogP contribution < -0.4 is 5.32 Å². The van der Waals surface area contributed by atoms with E-state index in [-0.39, 0.29) is 11.9 Å². The molecule has 1 N–H and O–H groups in total. The molecule has 0 aromatic rings. The molecule has 0 fully saturated rings. The second-order valence-electron chi connectivity index (χ2n) is 3.76. The van der Waals surface area contributed by atoms with Crippen LogP contribution in [0.4, 0.5) is 0 Å². The van der Waals surface area contributed by atoms with E-state index >= 15 is 0 Å². The second kappa shape index (κ2) is 6.60. The van der Waals surface area contributed by atoms with Crippen LogP contribution >= 0.6 is 0 Å². The van der Waals surface area contributed by atoms with E-state index in [1.807, 2.05) is 34.7 Å². The fraction of sp³-hybridized carbons (Fsp3) is 0.727. The molecule has 0 bridgehead atoms. The van der Waals surface area contributed by atoms with Crippen molar-refractivity contribution in [3.8, 4) is 0 Å². The lowest BCUT2D eigenvalue weighted by Crippen LogP contribution is -2.43. The zero-order valence-electron chi connectivity index (χ0n) is 9.92. The summed E-state index contributed by atoms with van der Waals surface area (Å²) in [4.78, 5) is 13.3. The molecule has 0 saturated heterocycles. The number of nitrogens with one attached hydrogen (secondary N) is 1. The number of allylic oxidation sites excluding steroid dienone is 1. The Morgan fingerprint density at radius 2 is 2.07 bits per heavy atom. The minimum absolute atomic E-state index is 0.101. The molecule has 0 aliphatic rings. The van der Waals surface area contributed by atoms with Crippen LogP contribution in [0.25, 0.3) is 0 Å². The molecule has 3 heteroatoms. The first kappa shape index (κ1) is 13.2. The molecule has 14 heavy (non-hydrogen) atoms. The lowest BCUT2D eigenvalue weighted by Gasteiger charge is -2.20. The van der Waals surface area contributed by atoms with Gasteiger partial charge in [-0.1, -0.05) is 11.6 Å². The summed E-state index contributed by atoms with van der Waals surface area (Å²) < 4.78 is 0. The molecule has 1 amide bonds. The van der Waals surface area contributed by atoms with Crippen LogP contribution in [0.3, 0.4) is 0 Å². The Kier molecular flexibility index (Phi) is 6.21. The van der Waals surface area contributed by atoms with Crippen molar-refractivity contribution in [2.45, 2.75) is 33.7 Å². The predicted molar refractivity (Wildman–Crippen MR) is 60.2 cm³/mol. The SMILES string of the molecule is CCN(C)C(=O)C(C)NCC=C(C)C. The maximum atomic E-state index is 11.6.